The van der Waals surface area contributed by atoms with E-state index < -0.39 is 11.9 Å². The Kier molecular flexibility index (Phi) is 7.80. The van der Waals surface area contributed by atoms with Crippen molar-refractivity contribution in [3.63, 3.8) is 0 Å². The van der Waals surface area contributed by atoms with Crippen LogP contribution in [0.5, 0.6) is 0 Å². The molecule has 3 N–H and O–H groups in total. The van der Waals surface area contributed by atoms with E-state index in [0.717, 1.165) is 5.75 Å². The maximum Gasteiger partial charge on any atom is 0.314 e. The van der Waals surface area contributed by atoms with Gasteiger partial charge in [-0.25, -0.2) is 4.79 Å². The second kappa shape index (κ2) is 8.27. The minimum absolute atomic E-state index is 0.00370. The van der Waals surface area contributed by atoms with Gasteiger partial charge in [-0.1, -0.05) is 13.8 Å². The lowest BCUT2D eigenvalue weighted by Crippen LogP contribution is -2.41. The Morgan fingerprint density at radius 1 is 1.31 bits per heavy atom. The van der Waals surface area contributed by atoms with E-state index >= 15 is 0 Å². The zero-order valence-corrected chi connectivity index (χ0v) is 10.8. The van der Waals surface area contributed by atoms with Crippen molar-refractivity contribution in [3.05, 3.63) is 0 Å². The van der Waals surface area contributed by atoms with E-state index in [1.165, 1.54) is 0 Å². The molecule has 16 heavy (non-hydrogen) atoms. The van der Waals surface area contributed by atoms with Crippen LogP contribution >= 0.6 is 11.8 Å². The molecule has 0 aromatic heterocycles. The first kappa shape index (κ1) is 15.1. The molecule has 0 heterocycles. The Hall–Kier alpha value is -0.910. The smallest absolute Gasteiger partial charge is 0.314 e. The van der Waals surface area contributed by atoms with Gasteiger partial charge in [0, 0.05) is 18.8 Å². The number of amides is 2. The highest BCUT2D eigenvalue weighted by molar-refractivity contribution is 7.98. The Morgan fingerprint density at radius 2 is 1.94 bits per heavy atom. The van der Waals surface area contributed by atoms with Crippen molar-refractivity contribution >= 4 is 23.8 Å². The number of hydrogen-bond donors (Lipinski definition) is 3. The van der Waals surface area contributed by atoms with Gasteiger partial charge in [-0.15, -0.1) is 0 Å². The van der Waals surface area contributed by atoms with E-state index in [-0.39, 0.29) is 18.5 Å². The third kappa shape index (κ3) is 6.55. The van der Waals surface area contributed by atoms with Crippen LogP contribution in [0, 0.1) is 11.8 Å². The molecule has 0 bridgehead atoms. The van der Waals surface area contributed by atoms with E-state index in [0.29, 0.717) is 6.54 Å². The molecule has 2 amide bonds. The van der Waals surface area contributed by atoms with Gasteiger partial charge >= 0.3 is 12.0 Å². The average Bonchev–Trinajstić information content (AvgIpc) is 2.17. The largest absolute Gasteiger partial charge is 0.481 e. The molecule has 5 nitrogen and oxygen atoms in total. The van der Waals surface area contributed by atoms with Gasteiger partial charge in [-0.05, 0) is 12.2 Å². The zero-order chi connectivity index (χ0) is 12.6. The van der Waals surface area contributed by atoms with Crippen LogP contribution in [0.2, 0.25) is 0 Å². The third-order valence-electron chi connectivity index (χ3n) is 2.20. The van der Waals surface area contributed by atoms with E-state index in [9.17, 15) is 9.59 Å². The van der Waals surface area contributed by atoms with Crippen molar-refractivity contribution in [1.29, 1.82) is 0 Å². The van der Waals surface area contributed by atoms with Gasteiger partial charge < -0.3 is 15.7 Å². The molecule has 0 aromatic rings. The number of rotatable bonds is 7. The SMILES string of the molecule is CSCCNC(=O)NCC(C(=O)O)C(C)C. The number of nitrogens with one attached hydrogen (secondary N) is 2. The van der Waals surface area contributed by atoms with Crippen LogP contribution in [0.1, 0.15) is 13.8 Å². The fourth-order valence-electron chi connectivity index (χ4n) is 1.14. The first-order valence-corrected chi connectivity index (χ1v) is 6.61. The molecule has 0 fully saturated rings. The molecule has 0 saturated heterocycles. The summed E-state index contributed by atoms with van der Waals surface area (Å²) in [5.41, 5.74) is 0. The standard InChI is InChI=1S/C10H20N2O3S/c1-7(2)8(9(13)14)6-12-10(15)11-4-5-16-3/h7-8H,4-6H2,1-3H3,(H,13,14)(H2,11,12,15). The van der Waals surface area contributed by atoms with Crippen molar-refractivity contribution in [2.75, 3.05) is 25.1 Å². The van der Waals surface area contributed by atoms with Crippen LogP contribution < -0.4 is 10.6 Å². The monoisotopic (exact) mass is 248 g/mol. The quantitative estimate of drug-likeness (QED) is 0.587. The molecule has 0 aliphatic heterocycles. The van der Waals surface area contributed by atoms with Gasteiger partial charge in [0.25, 0.3) is 0 Å². The molecule has 0 radical (unpaired) electrons. The average molecular weight is 248 g/mol. The number of carbonyl (C=O) groups is 2. The molecule has 94 valence electrons. The second-order valence-electron chi connectivity index (χ2n) is 3.82. The van der Waals surface area contributed by atoms with Crippen LogP contribution in [-0.4, -0.2) is 42.2 Å². The Balaban J connectivity index is 3.83. The van der Waals surface area contributed by atoms with Crippen molar-refractivity contribution in [3.8, 4) is 0 Å². The van der Waals surface area contributed by atoms with Crippen molar-refractivity contribution < 1.29 is 14.7 Å². The summed E-state index contributed by atoms with van der Waals surface area (Å²) in [7, 11) is 0. The predicted molar refractivity (Wildman–Crippen MR) is 65.7 cm³/mol. The first-order valence-electron chi connectivity index (χ1n) is 5.22. The van der Waals surface area contributed by atoms with Gasteiger partial charge in [-0.3, -0.25) is 4.79 Å². The minimum atomic E-state index is -0.876. The minimum Gasteiger partial charge on any atom is -0.481 e. The molecule has 0 aliphatic carbocycles. The molecule has 1 unspecified atom stereocenters. The summed E-state index contributed by atoms with van der Waals surface area (Å²) in [6.45, 7) is 4.41. The summed E-state index contributed by atoms with van der Waals surface area (Å²) >= 11 is 1.64. The summed E-state index contributed by atoms with van der Waals surface area (Å²) in [5.74, 6) is -0.560. The van der Waals surface area contributed by atoms with Crippen molar-refractivity contribution in [2.24, 2.45) is 11.8 Å². The lowest BCUT2D eigenvalue weighted by Gasteiger charge is -2.16. The number of aliphatic carboxylic acids is 1. The second-order valence-corrected chi connectivity index (χ2v) is 4.80. The van der Waals surface area contributed by atoms with Crippen LogP contribution in [0.4, 0.5) is 4.79 Å². The number of carboxylic acids is 1. The molecular weight excluding hydrogens is 228 g/mol. The molecule has 0 aliphatic rings. The van der Waals surface area contributed by atoms with E-state index in [1.54, 1.807) is 11.8 Å². The molecule has 0 spiro atoms. The zero-order valence-electron chi connectivity index (χ0n) is 9.95. The fraction of sp³-hybridized carbons (Fsp3) is 0.800. The van der Waals surface area contributed by atoms with Crippen LogP contribution in [-0.2, 0) is 4.79 Å². The highest BCUT2D eigenvalue weighted by Gasteiger charge is 2.21. The van der Waals surface area contributed by atoms with E-state index in [4.69, 9.17) is 5.11 Å². The van der Waals surface area contributed by atoms with E-state index in [2.05, 4.69) is 10.6 Å². The van der Waals surface area contributed by atoms with E-state index in [1.807, 2.05) is 20.1 Å². The highest BCUT2D eigenvalue weighted by Crippen LogP contribution is 2.09. The summed E-state index contributed by atoms with van der Waals surface area (Å²) < 4.78 is 0. The van der Waals surface area contributed by atoms with Gasteiger partial charge in [0.15, 0.2) is 0 Å². The summed E-state index contributed by atoms with van der Waals surface area (Å²) in [6.07, 6.45) is 1.96. The Labute approximate surface area is 100 Å². The fourth-order valence-corrected chi connectivity index (χ4v) is 1.45. The number of urea groups is 1. The molecule has 6 heteroatoms. The lowest BCUT2D eigenvalue weighted by atomic mass is 9.96. The lowest BCUT2D eigenvalue weighted by molar-refractivity contribution is -0.142. The van der Waals surface area contributed by atoms with Gasteiger partial charge in [0.1, 0.15) is 0 Å². The maximum atomic E-state index is 11.2. The van der Waals surface area contributed by atoms with Crippen LogP contribution in [0.15, 0.2) is 0 Å². The number of carboxylic acid groups (broad SMARTS) is 1. The summed E-state index contributed by atoms with van der Waals surface area (Å²) in [5, 5.41) is 14.1. The maximum absolute atomic E-state index is 11.2. The van der Waals surface area contributed by atoms with Gasteiger partial charge in [0.05, 0.1) is 5.92 Å². The normalized spacial score (nSPS) is 12.2. The number of carbonyl (C=O) groups excluding carboxylic acids is 1. The Morgan fingerprint density at radius 3 is 2.38 bits per heavy atom. The number of hydrogen-bond acceptors (Lipinski definition) is 3. The topological polar surface area (TPSA) is 78.4 Å². The van der Waals surface area contributed by atoms with Crippen LogP contribution in [0.25, 0.3) is 0 Å². The van der Waals surface area contributed by atoms with Crippen molar-refractivity contribution in [2.45, 2.75) is 13.8 Å². The number of thioether (sulfide) groups is 1. The molecule has 1 atom stereocenters. The Bertz CT molecular complexity index is 234. The first-order chi connectivity index (χ1) is 7.49. The summed E-state index contributed by atoms with van der Waals surface area (Å²) in [6, 6.07) is -0.305. The van der Waals surface area contributed by atoms with Crippen molar-refractivity contribution in [1.82, 2.24) is 10.6 Å². The van der Waals surface area contributed by atoms with Crippen LogP contribution in [0.3, 0.4) is 0 Å². The molecule has 0 saturated carbocycles. The van der Waals surface area contributed by atoms with Gasteiger partial charge in [-0.2, -0.15) is 11.8 Å². The van der Waals surface area contributed by atoms with Gasteiger partial charge in [0.2, 0.25) is 0 Å². The molecule has 0 rings (SSSR count). The molecular formula is C10H20N2O3S. The highest BCUT2D eigenvalue weighted by atomic mass is 32.2. The predicted octanol–water partition coefficient (Wildman–Crippen LogP) is 1.01. The summed E-state index contributed by atoms with van der Waals surface area (Å²) in [4.78, 5) is 22.1. The molecule has 0 aromatic carbocycles. The third-order valence-corrected chi connectivity index (χ3v) is 2.81.